The van der Waals surface area contributed by atoms with Gasteiger partial charge in [-0.05, 0) is 65.9 Å². The first-order chi connectivity index (χ1) is 15.5. The van der Waals surface area contributed by atoms with E-state index in [-0.39, 0.29) is 16.8 Å². The lowest BCUT2D eigenvalue weighted by molar-refractivity contribution is -0.113. The molecule has 0 unspecified atom stereocenters. The van der Waals surface area contributed by atoms with Crippen LogP contribution in [0.2, 0.25) is 10.0 Å². The Labute approximate surface area is 198 Å². The number of nitrogens with zero attached hydrogens (tertiary/aromatic N) is 2. The van der Waals surface area contributed by atoms with E-state index in [1.54, 1.807) is 60.7 Å². The molecule has 1 aliphatic rings. The lowest BCUT2D eigenvalue weighted by atomic mass is 10.1. The van der Waals surface area contributed by atoms with Crippen LogP contribution in [0.1, 0.15) is 16.7 Å². The van der Waals surface area contributed by atoms with Crippen molar-refractivity contribution in [3.8, 4) is 11.8 Å². The molecule has 3 aromatic carbocycles. The Balaban J connectivity index is 1.50. The number of rotatable bonds is 5. The van der Waals surface area contributed by atoms with Crippen molar-refractivity contribution in [1.29, 1.82) is 5.26 Å². The Kier molecular flexibility index (Phi) is 6.52. The summed E-state index contributed by atoms with van der Waals surface area (Å²) in [6, 6.07) is 20.9. The lowest BCUT2D eigenvalue weighted by Gasteiger charge is -2.12. The number of benzene rings is 3. The number of hydrogen-bond acceptors (Lipinski definition) is 5. The van der Waals surface area contributed by atoms with Gasteiger partial charge in [0.15, 0.2) is 0 Å². The van der Waals surface area contributed by atoms with Crippen LogP contribution < -0.4 is 9.64 Å². The zero-order valence-electron chi connectivity index (χ0n) is 16.4. The largest absolute Gasteiger partial charge is 0.487 e. The zero-order valence-corrected chi connectivity index (χ0v) is 18.7. The van der Waals surface area contributed by atoms with Crippen LogP contribution in [0.4, 0.5) is 10.5 Å². The molecule has 0 atom stereocenters. The average molecular weight is 481 g/mol. The van der Waals surface area contributed by atoms with E-state index in [0.29, 0.717) is 32.6 Å². The number of carbonyl (C=O) groups is 2. The van der Waals surface area contributed by atoms with Crippen molar-refractivity contribution in [2.45, 2.75) is 6.61 Å². The maximum absolute atomic E-state index is 12.8. The van der Waals surface area contributed by atoms with Crippen LogP contribution in [0, 0.1) is 11.3 Å². The molecule has 8 heteroatoms. The molecule has 4 rings (SSSR count). The molecule has 0 saturated carbocycles. The third kappa shape index (κ3) is 4.66. The van der Waals surface area contributed by atoms with Crippen LogP contribution in [0.15, 0.2) is 71.6 Å². The molecule has 2 amide bonds. The molecule has 32 heavy (non-hydrogen) atoms. The molecule has 0 N–H and O–H groups in total. The normalized spacial score (nSPS) is 14.7. The molecule has 1 aliphatic heterocycles. The highest BCUT2D eigenvalue weighted by atomic mass is 35.5. The van der Waals surface area contributed by atoms with Crippen LogP contribution in [0.25, 0.3) is 6.08 Å². The summed E-state index contributed by atoms with van der Waals surface area (Å²) in [5.74, 6) is 0.0395. The summed E-state index contributed by atoms with van der Waals surface area (Å²) in [6.45, 7) is 0.197. The standard InChI is InChI=1S/C24H14Cl2N2O3S/c25-18-6-8-19(9-7-18)28-23(29)22(32-24(28)30)12-15-5-10-21(20(26)11-15)31-14-17-4-2-1-3-16(17)13-27/h1-12H,14H2/b22-12+. The number of thioether (sulfide) groups is 1. The SMILES string of the molecule is N#Cc1ccccc1COc1ccc(/C=C2/SC(=O)N(c3ccc(Cl)cc3)C2=O)cc1Cl. The molecular formula is C24H14Cl2N2O3S. The number of nitriles is 1. The van der Waals surface area contributed by atoms with Gasteiger partial charge in [0, 0.05) is 10.6 Å². The second-order valence-corrected chi connectivity index (χ2v) is 8.58. The fourth-order valence-corrected chi connectivity index (χ4v) is 4.28. The van der Waals surface area contributed by atoms with Gasteiger partial charge in [0.1, 0.15) is 12.4 Å². The van der Waals surface area contributed by atoms with E-state index in [4.69, 9.17) is 27.9 Å². The summed E-state index contributed by atoms with van der Waals surface area (Å²) in [6.07, 6.45) is 1.61. The van der Waals surface area contributed by atoms with Gasteiger partial charge < -0.3 is 4.74 Å². The highest BCUT2D eigenvalue weighted by Crippen LogP contribution is 2.37. The van der Waals surface area contributed by atoms with Gasteiger partial charge in [-0.15, -0.1) is 0 Å². The maximum Gasteiger partial charge on any atom is 0.298 e. The van der Waals surface area contributed by atoms with Crippen molar-refractivity contribution in [2.24, 2.45) is 0 Å². The molecule has 0 bridgehead atoms. The molecule has 3 aromatic rings. The molecule has 0 aromatic heterocycles. The highest BCUT2D eigenvalue weighted by Gasteiger charge is 2.36. The molecule has 0 radical (unpaired) electrons. The smallest absolute Gasteiger partial charge is 0.298 e. The number of amides is 2. The first-order valence-corrected chi connectivity index (χ1v) is 11.0. The van der Waals surface area contributed by atoms with Crippen molar-refractivity contribution in [2.75, 3.05) is 4.90 Å². The van der Waals surface area contributed by atoms with Crippen molar-refractivity contribution < 1.29 is 14.3 Å². The summed E-state index contributed by atoms with van der Waals surface area (Å²) in [7, 11) is 0. The monoisotopic (exact) mass is 480 g/mol. The first kappa shape index (κ1) is 22.0. The maximum atomic E-state index is 12.8. The van der Waals surface area contributed by atoms with Gasteiger partial charge in [-0.1, -0.05) is 47.5 Å². The van der Waals surface area contributed by atoms with Crippen molar-refractivity contribution in [1.82, 2.24) is 0 Å². The minimum absolute atomic E-state index is 0.197. The third-order valence-corrected chi connectivity index (χ3v) is 6.07. The van der Waals surface area contributed by atoms with Crippen molar-refractivity contribution in [3.63, 3.8) is 0 Å². The van der Waals surface area contributed by atoms with E-state index in [1.807, 2.05) is 12.1 Å². The van der Waals surface area contributed by atoms with Gasteiger partial charge in [-0.25, -0.2) is 4.90 Å². The van der Waals surface area contributed by atoms with E-state index >= 15 is 0 Å². The van der Waals surface area contributed by atoms with Crippen molar-refractivity contribution >= 4 is 57.9 Å². The number of halogens is 2. The van der Waals surface area contributed by atoms with Gasteiger partial charge in [-0.3, -0.25) is 9.59 Å². The molecule has 5 nitrogen and oxygen atoms in total. The fraction of sp³-hybridized carbons (Fsp3) is 0.0417. The van der Waals surface area contributed by atoms with E-state index in [2.05, 4.69) is 6.07 Å². The molecule has 0 spiro atoms. The third-order valence-electron chi connectivity index (χ3n) is 4.65. The number of carbonyl (C=O) groups excluding carboxylic acids is 2. The summed E-state index contributed by atoms with van der Waals surface area (Å²) in [4.78, 5) is 26.6. The summed E-state index contributed by atoms with van der Waals surface area (Å²) < 4.78 is 5.76. The Hall–Kier alpha value is -3.24. The van der Waals surface area contributed by atoms with Gasteiger partial charge in [0.25, 0.3) is 11.1 Å². The van der Waals surface area contributed by atoms with Crippen LogP contribution >= 0.6 is 35.0 Å². The number of anilines is 1. The van der Waals surface area contributed by atoms with Crippen LogP contribution in [0.5, 0.6) is 5.75 Å². The average Bonchev–Trinajstić information content (AvgIpc) is 3.07. The highest BCUT2D eigenvalue weighted by molar-refractivity contribution is 8.19. The zero-order chi connectivity index (χ0) is 22.7. The Bertz CT molecular complexity index is 1280. The van der Waals surface area contributed by atoms with Gasteiger partial charge in [-0.2, -0.15) is 5.26 Å². The van der Waals surface area contributed by atoms with Crippen LogP contribution in [-0.2, 0) is 11.4 Å². The second-order valence-electron chi connectivity index (χ2n) is 6.74. The topological polar surface area (TPSA) is 70.4 Å². The molecular weight excluding hydrogens is 467 g/mol. The van der Waals surface area contributed by atoms with Gasteiger partial charge in [0.2, 0.25) is 0 Å². The first-order valence-electron chi connectivity index (χ1n) is 9.40. The van der Waals surface area contributed by atoms with Gasteiger partial charge >= 0.3 is 0 Å². The Morgan fingerprint density at radius 3 is 2.50 bits per heavy atom. The Morgan fingerprint density at radius 2 is 1.78 bits per heavy atom. The van der Waals surface area contributed by atoms with Crippen molar-refractivity contribution in [3.05, 3.63) is 98.4 Å². The fourth-order valence-electron chi connectivity index (χ4n) is 3.07. The Morgan fingerprint density at radius 1 is 1.03 bits per heavy atom. The predicted molar refractivity (Wildman–Crippen MR) is 127 cm³/mol. The minimum Gasteiger partial charge on any atom is -0.487 e. The summed E-state index contributed by atoms with van der Waals surface area (Å²) in [5, 5.41) is 9.67. The van der Waals surface area contributed by atoms with Crippen LogP contribution in [0.3, 0.4) is 0 Å². The lowest BCUT2D eigenvalue weighted by Crippen LogP contribution is -2.27. The molecule has 0 aliphatic carbocycles. The summed E-state index contributed by atoms with van der Waals surface area (Å²) >= 11 is 13.1. The molecule has 1 fully saturated rings. The minimum atomic E-state index is -0.410. The van der Waals surface area contributed by atoms with E-state index in [1.165, 1.54) is 0 Å². The van der Waals surface area contributed by atoms with Crippen LogP contribution in [-0.4, -0.2) is 11.1 Å². The van der Waals surface area contributed by atoms with E-state index in [0.717, 1.165) is 22.2 Å². The molecule has 1 saturated heterocycles. The van der Waals surface area contributed by atoms with E-state index in [9.17, 15) is 14.9 Å². The summed E-state index contributed by atoms with van der Waals surface area (Å²) in [5.41, 5.74) is 2.41. The quantitative estimate of drug-likeness (QED) is 0.380. The predicted octanol–water partition coefficient (Wildman–Crippen LogP) is 6.68. The number of imide groups is 1. The molecule has 1 heterocycles. The van der Waals surface area contributed by atoms with Gasteiger partial charge in [0.05, 0.1) is 27.2 Å². The van der Waals surface area contributed by atoms with E-state index < -0.39 is 5.91 Å². The number of ether oxygens (including phenoxy) is 1. The second kappa shape index (κ2) is 9.49. The number of hydrogen-bond donors (Lipinski definition) is 0. The molecule has 158 valence electrons.